The molecule has 0 aromatic carbocycles. The van der Waals surface area contributed by atoms with Crippen LogP contribution in [0.2, 0.25) is 5.15 Å². The van der Waals surface area contributed by atoms with Crippen LogP contribution in [0.1, 0.15) is 33.1 Å². The van der Waals surface area contributed by atoms with Gasteiger partial charge in [0, 0.05) is 12.1 Å². The van der Waals surface area contributed by atoms with Gasteiger partial charge in [-0.15, -0.1) is 0 Å². The Bertz CT molecular complexity index is 348. The van der Waals surface area contributed by atoms with E-state index < -0.39 is 0 Å². The minimum atomic E-state index is 0.419. The van der Waals surface area contributed by atoms with Gasteiger partial charge < -0.3 is 5.43 Å². The first-order chi connectivity index (χ1) is 7.66. The Hall–Kier alpha value is -0.870. The molecular weight excluding hydrogens is 224 g/mol. The third-order valence-electron chi connectivity index (χ3n) is 3.04. The van der Waals surface area contributed by atoms with E-state index in [4.69, 9.17) is 11.6 Å². The summed E-state index contributed by atoms with van der Waals surface area (Å²) in [6, 6.07) is 1.04. The fourth-order valence-corrected chi connectivity index (χ4v) is 2.32. The molecule has 0 aliphatic carbocycles. The van der Waals surface area contributed by atoms with E-state index in [-0.39, 0.29) is 0 Å². The summed E-state index contributed by atoms with van der Waals surface area (Å²) in [6.45, 7) is 4.45. The first-order valence-electron chi connectivity index (χ1n) is 5.69. The van der Waals surface area contributed by atoms with Crippen LogP contribution in [0.3, 0.4) is 0 Å². The van der Waals surface area contributed by atoms with Crippen LogP contribution in [0.5, 0.6) is 0 Å². The summed E-state index contributed by atoms with van der Waals surface area (Å²) in [7, 11) is 0. The Morgan fingerprint density at radius 2 is 2.00 bits per heavy atom. The highest BCUT2D eigenvalue weighted by molar-refractivity contribution is 6.29. The van der Waals surface area contributed by atoms with Crippen molar-refractivity contribution in [3.8, 4) is 0 Å². The van der Waals surface area contributed by atoms with Gasteiger partial charge in [0.1, 0.15) is 5.15 Å². The van der Waals surface area contributed by atoms with Crippen molar-refractivity contribution < 1.29 is 0 Å². The van der Waals surface area contributed by atoms with E-state index in [0.29, 0.717) is 23.1 Å². The van der Waals surface area contributed by atoms with E-state index in [1.54, 1.807) is 6.20 Å². The molecule has 4 nitrogen and oxygen atoms in total. The van der Waals surface area contributed by atoms with Crippen LogP contribution in [0.15, 0.2) is 12.4 Å². The lowest BCUT2D eigenvalue weighted by Gasteiger charge is -2.38. The molecule has 0 amide bonds. The maximum absolute atomic E-state index is 5.80. The first kappa shape index (κ1) is 11.6. The van der Waals surface area contributed by atoms with E-state index in [0.717, 1.165) is 0 Å². The number of hydrazine groups is 1. The van der Waals surface area contributed by atoms with Crippen molar-refractivity contribution in [3.05, 3.63) is 17.5 Å². The topological polar surface area (TPSA) is 41.0 Å². The van der Waals surface area contributed by atoms with E-state index >= 15 is 0 Å². The quantitative estimate of drug-likeness (QED) is 0.863. The molecule has 0 spiro atoms. The van der Waals surface area contributed by atoms with Crippen LogP contribution in [0, 0.1) is 0 Å². The average Bonchev–Trinajstić information content (AvgIpc) is 2.24. The van der Waals surface area contributed by atoms with Crippen LogP contribution in [0.4, 0.5) is 5.82 Å². The first-order valence-corrected chi connectivity index (χ1v) is 6.07. The lowest BCUT2D eigenvalue weighted by atomic mass is 10.00. The van der Waals surface area contributed by atoms with Crippen molar-refractivity contribution in [1.82, 2.24) is 15.0 Å². The molecule has 0 radical (unpaired) electrons. The molecule has 88 valence electrons. The van der Waals surface area contributed by atoms with Gasteiger partial charge in [0.2, 0.25) is 0 Å². The van der Waals surface area contributed by atoms with Gasteiger partial charge in [-0.25, -0.2) is 9.99 Å². The van der Waals surface area contributed by atoms with Crippen molar-refractivity contribution in [3.63, 3.8) is 0 Å². The maximum Gasteiger partial charge on any atom is 0.160 e. The molecule has 1 N–H and O–H groups in total. The Kier molecular flexibility index (Phi) is 3.61. The summed E-state index contributed by atoms with van der Waals surface area (Å²) in [6.07, 6.45) is 6.95. The lowest BCUT2D eigenvalue weighted by Crippen LogP contribution is -2.47. The van der Waals surface area contributed by atoms with Gasteiger partial charge in [-0.05, 0) is 26.7 Å². The summed E-state index contributed by atoms with van der Waals surface area (Å²) >= 11 is 5.80. The van der Waals surface area contributed by atoms with Crippen molar-refractivity contribution in [2.24, 2.45) is 0 Å². The van der Waals surface area contributed by atoms with Gasteiger partial charge in [-0.2, -0.15) is 0 Å². The monoisotopic (exact) mass is 240 g/mol. The molecule has 1 aromatic rings. The number of nitrogens with zero attached hydrogens (tertiary/aromatic N) is 3. The van der Waals surface area contributed by atoms with Crippen LogP contribution >= 0.6 is 11.6 Å². The highest BCUT2D eigenvalue weighted by Crippen LogP contribution is 2.22. The Labute approximate surface area is 101 Å². The molecule has 5 heteroatoms. The SMILES string of the molecule is CC1CCCC(C)N1Nc1cncc(Cl)n1. The van der Waals surface area contributed by atoms with Gasteiger partial charge in [0.05, 0.1) is 12.4 Å². The number of anilines is 1. The summed E-state index contributed by atoms with van der Waals surface area (Å²) in [5.74, 6) is 0.716. The summed E-state index contributed by atoms with van der Waals surface area (Å²) in [5.41, 5.74) is 3.30. The van der Waals surface area contributed by atoms with Crippen molar-refractivity contribution in [2.45, 2.75) is 45.2 Å². The van der Waals surface area contributed by atoms with Crippen LogP contribution in [-0.4, -0.2) is 27.1 Å². The van der Waals surface area contributed by atoms with Crippen molar-refractivity contribution in [2.75, 3.05) is 5.43 Å². The third kappa shape index (κ3) is 2.62. The van der Waals surface area contributed by atoms with E-state index in [2.05, 4.69) is 34.3 Å². The molecular formula is C11H17ClN4. The molecule has 1 fully saturated rings. The molecule has 1 saturated heterocycles. The zero-order valence-electron chi connectivity index (χ0n) is 9.65. The zero-order chi connectivity index (χ0) is 11.5. The highest BCUT2D eigenvalue weighted by Gasteiger charge is 2.24. The second kappa shape index (κ2) is 4.97. The number of halogens is 1. The molecule has 2 heterocycles. The number of nitrogens with one attached hydrogen (secondary N) is 1. The number of hydrogen-bond acceptors (Lipinski definition) is 4. The fourth-order valence-electron chi connectivity index (χ4n) is 2.17. The minimum Gasteiger partial charge on any atom is -0.301 e. The predicted molar refractivity (Wildman–Crippen MR) is 65.3 cm³/mol. The highest BCUT2D eigenvalue weighted by atomic mass is 35.5. The van der Waals surface area contributed by atoms with Gasteiger partial charge >= 0.3 is 0 Å². The van der Waals surface area contributed by atoms with Crippen LogP contribution < -0.4 is 5.43 Å². The van der Waals surface area contributed by atoms with Crippen LogP contribution in [-0.2, 0) is 0 Å². The lowest BCUT2D eigenvalue weighted by molar-refractivity contribution is 0.135. The molecule has 16 heavy (non-hydrogen) atoms. The smallest absolute Gasteiger partial charge is 0.160 e. The van der Waals surface area contributed by atoms with Gasteiger partial charge in [0.25, 0.3) is 0 Å². The average molecular weight is 241 g/mol. The number of hydrogen-bond donors (Lipinski definition) is 1. The van der Waals surface area contributed by atoms with Crippen LogP contribution in [0.25, 0.3) is 0 Å². The molecule has 2 unspecified atom stereocenters. The van der Waals surface area contributed by atoms with E-state index in [9.17, 15) is 0 Å². The molecule has 0 bridgehead atoms. The van der Waals surface area contributed by atoms with E-state index in [1.807, 2.05) is 0 Å². The largest absolute Gasteiger partial charge is 0.301 e. The summed E-state index contributed by atoms with van der Waals surface area (Å²) < 4.78 is 0. The number of aromatic nitrogens is 2. The molecule has 0 saturated carbocycles. The minimum absolute atomic E-state index is 0.419. The second-order valence-corrected chi connectivity index (χ2v) is 4.76. The molecule has 1 aliphatic heterocycles. The third-order valence-corrected chi connectivity index (χ3v) is 3.22. The molecule has 2 rings (SSSR count). The maximum atomic E-state index is 5.80. The molecule has 1 aliphatic rings. The molecule has 2 atom stereocenters. The number of rotatable bonds is 2. The van der Waals surface area contributed by atoms with E-state index in [1.165, 1.54) is 25.5 Å². The van der Waals surface area contributed by atoms with Gasteiger partial charge in [0.15, 0.2) is 5.82 Å². The van der Waals surface area contributed by atoms with Gasteiger partial charge in [-0.3, -0.25) is 4.98 Å². The molecule has 1 aromatic heterocycles. The zero-order valence-corrected chi connectivity index (χ0v) is 10.4. The normalized spacial score (nSPS) is 26.7. The standard InChI is InChI=1S/C11H17ClN4/c1-8-4-3-5-9(2)16(8)15-11-7-13-6-10(12)14-11/h6-9H,3-5H2,1-2H3,(H,14,15). The summed E-state index contributed by atoms with van der Waals surface area (Å²) in [4.78, 5) is 8.20. The fraction of sp³-hybridized carbons (Fsp3) is 0.636. The Balaban J connectivity index is 2.07. The van der Waals surface area contributed by atoms with Gasteiger partial charge in [-0.1, -0.05) is 18.0 Å². The number of piperidine rings is 1. The predicted octanol–water partition coefficient (Wildman–Crippen LogP) is 2.72. The van der Waals surface area contributed by atoms with Crippen molar-refractivity contribution in [1.29, 1.82) is 0 Å². The Morgan fingerprint density at radius 3 is 2.62 bits per heavy atom. The van der Waals surface area contributed by atoms with Crippen molar-refractivity contribution >= 4 is 17.4 Å². The Morgan fingerprint density at radius 1 is 1.31 bits per heavy atom. The summed E-state index contributed by atoms with van der Waals surface area (Å²) in [5, 5.41) is 2.66. The second-order valence-electron chi connectivity index (χ2n) is 4.38.